The number of aliphatic hydroxyl groups is 1. The van der Waals surface area contributed by atoms with Crippen molar-refractivity contribution in [1.29, 1.82) is 0 Å². The second kappa shape index (κ2) is 5.26. The molecule has 0 amide bonds. The molecule has 1 fully saturated rings. The third-order valence-corrected chi connectivity index (χ3v) is 6.89. The van der Waals surface area contributed by atoms with Crippen LogP contribution in [-0.4, -0.2) is 34.5 Å². The molecule has 3 N–H and O–H groups in total. The Balaban J connectivity index is 2.06. The number of hydrogen-bond acceptors (Lipinski definition) is 4. The van der Waals surface area contributed by atoms with Gasteiger partial charge in [-0.1, -0.05) is 22.4 Å². The van der Waals surface area contributed by atoms with Crippen molar-refractivity contribution >= 4 is 36.8 Å². The summed E-state index contributed by atoms with van der Waals surface area (Å²) in [6.45, 7) is 0. The summed E-state index contributed by atoms with van der Waals surface area (Å²) in [6.07, 6.45) is 0.795. The molecule has 0 saturated carbocycles. The number of rotatable bonds is 2. The predicted molar refractivity (Wildman–Crippen MR) is 83.0 cm³/mol. The first kappa shape index (κ1) is 14.8. The van der Waals surface area contributed by atoms with Gasteiger partial charge in [0.2, 0.25) is 0 Å². The van der Waals surface area contributed by atoms with Gasteiger partial charge in [-0.05, 0) is 30.5 Å². The van der Waals surface area contributed by atoms with E-state index in [0.29, 0.717) is 33.9 Å². The van der Waals surface area contributed by atoms with Crippen LogP contribution in [0.3, 0.4) is 0 Å². The molecule has 1 saturated heterocycles. The van der Waals surface area contributed by atoms with Crippen molar-refractivity contribution in [2.45, 2.75) is 30.6 Å². The number of imidazole rings is 1. The average molecular weight is 375 g/mol. The molecule has 1 aliphatic rings. The quantitative estimate of drug-likeness (QED) is 0.742. The molecule has 114 valence electrons. The van der Waals surface area contributed by atoms with Crippen molar-refractivity contribution in [1.82, 2.24) is 9.97 Å². The fraction of sp³-hybridized carbons (Fsp3) is 0.462. The van der Waals surface area contributed by atoms with E-state index >= 15 is 0 Å². The topological polar surface area (TPSA) is 103 Å². The smallest absolute Gasteiger partial charge is 0.323 e. The molecule has 3 rings (SSSR count). The van der Waals surface area contributed by atoms with Crippen LogP contribution in [0.25, 0.3) is 11.0 Å². The van der Waals surface area contributed by atoms with Crippen molar-refractivity contribution < 1.29 is 13.5 Å². The molecule has 0 radical (unpaired) electrons. The van der Waals surface area contributed by atoms with Gasteiger partial charge in [-0.3, -0.25) is 0 Å². The predicted octanol–water partition coefficient (Wildman–Crippen LogP) is 1.62. The summed E-state index contributed by atoms with van der Waals surface area (Å²) < 4.78 is 24.9. The normalized spacial score (nSPS) is 23.2. The van der Waals surface area contributed by atoms with Gasteiger partial charge < -0.3 is 15.1 Å². The van der Waals surface area contributed by atoms with Gasteiger partial charge in [-0.2, -0.15) is 0 Å². The highest BCUT2D eigenvalue weighted by Crippen LogP contribution is 2.35. The van der Waals surface area contributed by atoms with Crippen LogP contribution < -0.4 is 5.69 Å². The zero-order chi connectivity index (χ0) is 15.2. The molecule has 1 aliphatic heterocycles. The van der Waals surface area contributed by atoms with Crippen LogP contribution >= 0.6 is 15.9 Å². The van der Waals surface area contributed by atoms with E-state index in [0.717, 1.165) is 6.42 Å². The molecule has 0 spiro atoms. The zero-order valence-corrected chi connectivity index (χ0v) is 13.5. The maximum Gasteiger partial charge on any atom is 0.323 e. The largest absolute Gasteiger partial charge is 0.387 e. The van der Waals surface area contributed by atoms with Gasteiger partial charge in [-0.25, -0.2) is 13.2 Å². The van der Waals surface area contributed by atoms with Crippen LogP contribution in [0.5, 0.6) is 0 Å². The Morgan fingerprint density at radius 2 is 1.90 bits per heavy atom. The standard InChI is InChI=1S/C13H15BrN2O4S/c14-8-6-10-9(15-13(18)16-10)5-7(8)12(17)11-3-1-2-4-21(11,19)20/h5-6,11-12,17H,1-4H2,(H2,15,16,18). The van der Waals surface area contributed by atoms with Crippen molar-refractivity contribution in [2.75, 3.05) is 5.75 Å². The fourth-order valence-electron chi connectivity index (χ4n) is 2.83. The summed E-state index contributed by atoms with van der Waals surface area (Å²) in [5.74, 6) is 0.121. The van der Waals surface area contributed by atoms with Crippen LogP contribution in [0.1, 0.15) is 30.9 Å². The SMILES string of the molecule is O=c1[nH]c2cc(Br)c(C(O)C3CCCCS3(=O)=O)cc2[nH]1. The Bertz CT molecular complexity index is 839. The van der Waals surface area contributed by atoms with Gasteiger partial charge in [0.05, 0.1) is 28.1 Å². The number of nitrogens with one attached hydrogen (secondary N) is 2. The van der Waals surface area contributed by atoms with E-state index in [-0.39, 0.29) is 11.4 Å². The van der Waals surface area contributed by atoms with Crippen LogP contribution in [0, 0.1) is 0 Å². The number of benzene rings is 1. The summed E-state index contributed by atoms with van der Waals surface area (Å²) in [4.78, 5) is 16.5. The molecule has 1 aromatic heterocycles. The Kier molecular flexibility index (Phi) is 3.71. The lowest BCUT2D eigenvalue weighted by Gasteiger charge is -2.27. The van der Waals surface area contributed by atoms with Crippen LogP contribution in [-0.2, 0) is 9.84 Å². The van der Waals surface area contributed by atoms with Crippen molar-refractivity contribution in [2.24, 2.45) is 0 Å². The molecule has 1 aromatic carbocycles. The molecule has 21 heavy (non-hydrogen) atoms. The van der Waals surface area contributed by atoms with Gasteiger partial charge >= 0.3 is 5.69 Å². The van der Waals surface area contributed by atoms with Crippen LogP contribution in [0.2, 0.25) is 0 Å². The number of aromatic amines is 2. The number of hydrogen-bond donors (Lipinski definition) is 3. The maximum absolute atomic E-state index is 12.1. The van der Waals surface area contributed by atoms with E-state index in [1.165, 1.54) is 0 Å². The third-order valence-electron chi connectivity index (χ3n) is 3.93. The highest BCUT2D eigenvalue weighted by molar-refractivity contribution is 9.10. The molecule has 2 atom stereocenters. The average Bonchev–Trinajstić information content (AvgIpc) is 2.75. The first-order valence-corrected chi connectivity index (χ1v) is 9.20. The Morgan fingerprint density at radius 1 is 1.24 bits per heavy atom. The van der Waals surface area contributed by atoms with Gasteiger partial charge in [-0.15, -0.1) is 0 Å². The Hall–Kier alpha value is -1.12. The lowest BCUT2D eigenvalue weighted by atomic mass is 10.0. The zero-order valence-electron chi connectivity index (χ0n) is 11.1. The van der Waals surface area contributed by atoms with Gasteiger partial charge in [0.1, 0.15) is 0 Å². The van der Waals surface area contributed by atoms with Crippen LogP contribution in [0.4, 0.5) is 0 Å². The highest BCUT2D eigenvalue weighted by Gasteiger charge is 2.36. The molecule has 2 heterocycles. The molecular weight excluding hydrogens is 360 g/mol. The molecule has 6 nitrogen and oxygen atoms in total. The fourth-order valence-corrected chi connectivity index (χ4v) is 5.39. The van der Waals surface area contributed by atoms with Gasteiger partial charge in [0, 0.05) is 4.47 Å². The summed E-state index contributed by atoms with van der Waals surface area (Å²) in [5.41, 5.74) is 1.29. The molecule has 2 unspecified atom stereocenters. The highest BCUT2D eigenvalue weighted by atomic mass is 79.9. The number of aliphatic hydroxyl groups excluding tert-OH is 1. The third kappa shape index (κ3) is 2.67. The van der Waals surface area contributed by atoms with Crippen molar-refractivity contribution in [3.05, 3.63) is 32.7 Å². The minimum absolute atomic E-state index is 0.121. The summed E-state index contributed by atoms with van der Waals surface area (Å²) in [5, 5.41) is 9.73. The van der Waals surface area contributed by atoms with Gasteiger partial charge in [0.25, 0.3) is 0 Å². The maximum atomic E-state index is 12.1. The van der Waals surface area contributed by atoms with E-state index in [9.17, 15) is 18.3 Å². The molecule has 0 bridgehead atoms. The minimum Gasteiger partial charge on any atom is -0.387 e. The second-order valence-electron chi connectivity index (χ2n) is 5.34. The first-order chi connectivity index (χ1) is 9.88. The minimum atomic E-state index is -3.29. The lowest BCUT2D eigenvalue weighted by molar-refractivity contribution is 0.164. The monoisotopic (exact) mass is 374 g/mol. The van der Waals surface area contributed by atoms with E-state index in [4.69, 9.17) is 0 Å². The Labute approximate surface area is 129 Å². The Morgan fingerprint density at radius 3 is 2.57 bits per heavy atom. The second-order valence-corrected chi connectivity index (χ2v) is 8.54. The van der Waals surface area contributed by atoms with E-state index in [2.05, 4.69) is 25.9 Å². The number of sulfone groups is 1. The lowest BCUT2D eigenvalue weighted by Crippen LogP contribution is -2.34. The number of aromatic nitrogens is 2. The summed E-state index contributed by atoms with van der Waals surface area (Å²) >= 11 is 3.34. The molecule has 8 heteroatoms. The molecular formula is C13H15BrN2O4S. The molecule has 2 aromatic rings. The molecule has 0 aliphatic carbocycles. The number of halogens is 1. The van der Waals surface area contributed by atoms with Crippen molar-refractivity contribution in [3.8, 4) is 0 Å². The number of fused-ring (bicyclic) bond motifs is 1. The number of H-pyrrole nitrogens is 2. The van der Waals surface area contributed by atoms with E-state index < -0.39 is 21.2 Å². The summed E-state index contributed by atoms with van der Waals surface area (Å²) in [6, 6.07) is 3.29. The van der Waals surface area contributed by atoms with E-state index in [1.54, 1.807) is 12.1 Å². The van der Waals surface area contributed by atoms with Crippen molar-refractivity contribution in [3.63, 3.8) is 0 Å². The summed E-state index contributed by atoms with van der Waals surface area (Å²) in [7, 11) is -3.29. The first-order valence-electron chi connectivity index (χ1n) is 6.69. The van der Waals surface area contributed by atoms with Crippen LogP contribution in [0.15, 0.2) is 21.4 Å². The van der Waals surface area contributed by atoms with Gasteiger partial charge in [0.15, 0.2) is 9.84 Å². The van der Waals surface area contributed by atoms with E-state index in [1.807, 2.05) is 0 Å².